The molecule has 1 aromatic heterocycles. The predicted molar refractivity (Wildman–Crippen MR) is 75.8 cm³/mol. The van der Waals surface area contributed by atoms with Crippen LogP contribution in [0.25, 0.3) is 0 Å². The van der Waals surface area contributed by atoms with Crippen molar-refractivity contribution in [2.45, 2.75) is 25.9 Å². The number of aromatic nitrogens is 2. The predicted octanol–water partition coefficient (Wildman–Crippen LogP) is 2.41. The van der Waals surface area contributed by atoms with Crippen molar-refractivity contribution in [2.24, 2.45) is 5.84 Å². The highest BCUT2D eigenvalue weighted by atomic mass is 79.9. The van der Waals surface area contributed by atoms with Crippen LogP contribution in [-0.2, 0) is 13.0 Å². The summed E-state index contributed by atoms with van der Waals surface area (Å²) >= 11 is 3.44. The third-order valence-electron chi connectivity index (χ3n) is 2.96. The van der Waals surface area contributed by atoms with Gasteiger partial charge in [0.2, 0.25) is 0 Å². The van der Waals surface area contributed by atoms with Crippen LogP contribution < -0.4 is 11.3 Å². The summed E-state index contributed by atoms with van der Waals surface area (Å²) in [6.07, 6.45) is 2.65. The Morgan fingerprint density at radius 1 is 1.33 bits per heavy atom. The molecule has 1 heterocycles. The highest BCUT2D eigenvalue weighted by molar-refractivity contribution is 9.10. The molecule has 5 heteroatoms. The molecule has 1 unspecified atom stereocenters. The first-order chi connectivity index (χ1) is 8.74. The lowest BCUT2D eigenvalue weighted by Crippen LogP contribution is -2.31. The van der Waals surface area contributed by atoms with E-state index in [0.29, 0.717) is 0 Å². The van der Waals surface area contributed by atoms with Crippen molar-refractivity contribution in [3.05, 3.63) is 52.3 Å². The molecule has 18 heavy (non-hydrogen) atoms. The second-order valence-electron chi connectivity index (χ2n) is 4.12. The molecule has 3 N–H and O–H groups in total. The Morgan fingerprint density at radius 2 is 2.06 bits per heavy atom. The zero-order valence-corrected chi connectivity index (χ0v) is 11.9. The van der Waals surface area contributed by atoms with Gasteiger partial charge >= 0.3 is 0 Å². The fraction of sp³-hybridized carbons (Fsp3) is 0.308. The summed E-state index contributed by atoms with van der Waals surface area (Å²) in [5.41, 5.74) is 5.22. The normalized spacial score (nSPS) is 12.6. The van der Waals surface area contributed by atoms with Crippen LogP contribution in [0.1, 0.15) is 24.2 Å². The van der Waals surface area contributed by atoms with Crippen LogP contribution in [0, 0.1) is 0 Å². The van der Waals surface area contributed by atoms with E-state index in [1.165, 1.54) is 5.56 Å². The van der Waals surface area contributed by atoms with Crippen LogP contribution in [0.15, 0.2) is 41.0 Å². The highest BCUT2D eigenvalue weighted by Gasteiger charge is 2.14. The molecule has 0 saturated heterocycles. The van der Waals surface area contributed by atoms with E-state index in [1.807, 2.05) is 29.1 Å². The Kier molecular flexibility index (Phi) is 4.52. The molecule has 0 spiro atoms. The molecule has 4 nitrogen and oxygen atoms in total. The van der Waals surface area contributed by atoms with Gasteiger partial charge in [0.25, 0.3) is 0 Å². The molecule has 0 aliphatic heterocycles. The van der Waals surface area contributed by atoms with Gasteiger partial charge in [0.05, 0.1) is 11.7 Å². The van der Waals surface area contributed by atoms with Crippen LogP contribution in [0.4, 0.5) is 0 Å². The average molecular weight is 309 g/mol. The lowest BCUT2D eigenvalue weighted by molar-refractivity contribution is 0.490. The van der Waals surface area contributed by atoms with E-state index >= 15 is 0 Å². The Labute approximate surface area is 115 Å². The van der Waals surface area contributed by atoms with Gasteiger partial charge in [-0.3, -0.25) is 16.0 Å². The number of hydrogen-bond acceptors (Lipinski definition) is 3. The first-order valence-electron chi connectivity index (χ1n) is 5.97. The van der Waals surface area contributed by atoms with Crippen LogP contribution >= 0.6 is 15.9 Å². The highest BCUT2D eigenvalue weighted by Crippen LogP contribution is 2.19. The topological polar surface area (TPSA) is 55.9 Å². The zero-order chi connectivity index (χ0) is 13.0. The van der Waals surface area contributed by atoms with Crippen LogP contribution in [0.3, 0.4) is 0 Å². The van der Waals surface area contributed by atoms with Crippen molar-refractivity contribution >= 4 is 15.9 Å². The van der Waals surface area contributed by atoms with Gasteiger partial charge in [-0.15, -0.1) is 0 Å². The second kappa shape index (κ2) is 6.13. The van der Waals surface area contributed by atoms with E-state index in [4.69, 9.17) is 5.84 Å². The minimum Gasteiger partial charge on any atom is -0.271 e. The minimum atomic E-state index is 0.0774. The number of aryl methyl sites for hydroxylation is 1. The zero-order valence-electron chi connectivity index (χ0n) is 10.3. The molecule has 1 atom stereocenters. The molecule has 0 bridgehead atoms. The maximum Gasteiger partial charge on any atom is 0.0669 e. The van der Waals surface area contributed by atoms with Gasteiger partial charge in [-0.25, -0.2) is 0 Å². The number of nitrogens with two attached hydrogens (primary N) is 1. The van der Waals surface area contributed by atoms with Gasteiger partial charge in [0.1, 0.15) is 0 Å². The third-order valence-corrected chi connectivity index (χ3v) is 3.49. The summed E-state index contributed by atoms with van der Waals surface area (Å²) in [6.45, 7) is 2.92. The monoisotopic (exact) mass is 308 g/mol. The van der Waals surface area contributed by atoms with Gasteiger partial charge in [-0.05, 0) is 37.1 Å². The van der Waals surface area contributed by atoms with Gasteiger partial charge < -0.3 is 0 Å². The Morgan fingerprint density at radius 3 is 2.67 bits per heavy atom. The van der Waals surface area contributed by atoms with E-state index in [1.54, 1.807) is 0 Å². The summed E-state index contributed by atoms with van der Waals surface area (Å²) < 4.78 is 3.05. The Bertz CT molecular complexity index is 492. The number of halogens is 1. The lowest BCUT2D eigenvalue weighted by atomic mass is 10.0. The standard InChI is InChI=1S/C13H17BrN4/c1-2-18-13(7-8-16-18)12(17-15)9-10-3-5-11(14)6-4-10/h3-8,12,17H,2,9,15H2,1H3. The third kappa shape index (κ3) is 2.98. The van der Waals surface area contributed by atoms with Crippen molar-refractivity contribution < 1.29 is 0 Å². The minimum absolute atomic E-state index is 0.0774. The molecule has 0 saturated carbocycles. The molecule has 0 radical (unpaired) electrons. The van der Waals surface area contributed by atoms with E-state index in [-0.39, 0.29) is 6.04 Å². The Balaban J connectivity index is 2.17. The van der Waals surface area contributed by atoms with Crippen molar-refractivity contribution in [3.8, 4) is 0 Å². The van der Waals surface area contributed by atoms with Crippen LogP contribution in [-0.4, -0.2) is 9.78 Å². The fourth-order valence-electron chi connectivity index (χ4n) is 2.01. The summed E-state index contributed by atoms with van der Waals surface area (Å²) in [4.78, 5) is 0. The van der Waals surface area contributed by atoms with Crippen molar-refractivity contribution in [3.63, 3.8) is 0 Å². The van der Waals surface area contributed by atoms with E-state index in [9.17, 15) is 0 Å². The number of hydrazine groups is 1. The van der Waals surface area contributed by atoms with Crippen LogP contribution in [0.5, 0.6) is 0 Å². The molecule has 0 amide bonds. The first-order valence-corrected chi connectivity index (χ1v) is 6.76. The van der Waals surface area contributed by atoms with Gasteiger partial charge in [-0.1, -0.05) is 28.1 Å². The first kappa shape index (κ1) is 13.3. The molecule has 0 aliphatic carbocycles. The molecular formula is C13H17BrN4. The molecular weight excluding hydrogens is 292 g/mol. The molecule has 0 aliphatic rings. The number of rotatable bonds is 5. The smallest absolute Gasteiger partial charge is 0.0669 e. The number of benzene rings is 1. The quantitative estimate of drug-likeness (QED) is 0.659. The number of nitrogens with one attached hydrogen (secondary N) is 1. The summed E-state index contributed by atoms with van der Waals surface area (Å²) in [6, 6.07) is 10.4. The molecule has 0 fully saturated rings. The van der Waals surface area contributed by atoms with Gasteiger partial charge in [0, 0.05) is 17.2 Å². The average Bonchev–Trinajstić information content (AvgIpc) is 2.86. The summed E-state index contributed by atoms with van der Waals surface area (Å²) in [5, 5.41) is 4.27. The molecule has 96 valence electrons. The number of hydrogen-bond donors (Lipinski definition) is 2. The number of nitrogens with zero attached hydrogens (tertiary/aromatic N) is 2. The fourth-order valence-corrected chi connectivity index (χ4v) is 2.27. The van der Waals surface area contributed by atoms with E-state index in [0.717, 1.165) is 23.1 Å². The van der Waals surface area contributed by atoms with Crippen molar-refractivity contribution in [1.29, 1.82) is 0 Å². The van der Waals surface area contributed by atoms with E-state index < -0.39 is 0 Å². The van der Waals surface area contributed by atoms with Crippen LogP contribution in [0.2, 0.25) is 0 Å². The van der Waals surface area contributed by atoms with Crippen molar-refractivity contribution in [1.82, 2.24) is 15.2 Å². The van der Waals surface area contributed by atoms with Crippen molar-refractivity contribution in [2.75, 3.05) is 0 Å². The molecule has 2 aromatic rings. The molecule has 2 rings (SSSR count). The lowest BCUT2D eigenvalue weighted by Gasteiger charge is -2.17. The van der Waals surface area contributed by atoms with Gasteiger partial charge in [0.15, 0.2) is 0 Å². The van der Waals surface area contributed by atoms with Gasteiger partial charge in [-0.2, -0.15) is 5.10 Å². The molecule has 1 aromatic carbocycles. The maximum atomic E-state index is 5.66. The summed E-state index contributed by atoms with van der Waals surface area (Å²) in [7, 11) is 0. The maximum absolute atomic E-state index is 5.66. The SMILES string of the molecule is CCn1nccc1C(Cc1ccc(Br)cc1)NN. The van der Waals surface area contributed by atoms with E-state index in [2.05, 4.69) is 45.5 Å². The summed E-state index contributed by atoms with van der Waals surface area (Å²) in [5.74, 6) is 5.66. The largest absolute Gasteiger partial charge is 0.271 e. The second-order valence-corrected chi connectivity index (χ2v) is 5.04. The Hall–Kier alpha value is -1.17.